The van der Waals surface area contributed by atoms with Gasteiger partial charge in [-0.25, -0.2) is 4.79 Å². The van der Waals surface area contributed by atoms with E-state index in [0.29, 0.717) is 23.3 Å². The fourth-order valence-corrected chi connectivity index (χ4v) is 3.86. The van der Waals surface area contributed by atoms with Crippen LogP contribution in [-0.2, 0) is 9.53 Å². The van der Waals surface area contributed by atoms with Gasteiger partial charge in [-0.15, -0.1) is 0 Å². The standard InChI is InChI=1S/C32H36O6/c1-4-6-7-8-22-36-28-18-14-25(15-19-28)24-10-12-27(13-11-24)32(35)38-29-20-16-26(17-21-29)31(34)23(3)37-30(33)9-5-2/h10-21,23H,4-9,22H2,1-3H3. The first-order chi connectivity index (χ1) is 18.4. The zero-order valence-electron chi connectivity index (χ0n) is 22.4. The molecule has 6 nitrogen and oxygen atoms in total. The molecule has 0 N–H and O–H groups in total. The van der Waals surface area contributed by atoms with Crippen molar-refractivity contribution in [3.63, 3.8) is 0 Å². The van der Waals surface area contributed by atoms with Gasteiger partial charge in [-0.3, -0.25) is 9.59 Å². The summed E-state index contributed by atoms with van der Waals surface area (Å²) in [5.74, 6) is -0.0374. The van der Waals surface area contributed by atoms with Crippen LogP contribution in [0.4, 0.5) is 0 Å². The minimum Gasteiger partial charge on any atom is -0.494 e. The zero-order chi connectivity index (χ0) is 27.3. The molecule has 0 aliphatic carbocycles. The summed E-state index contributed by atoms with van der Waals surface area (Å²) in [6, 6.07) is 21.3. The van der Waals surface area contributed by atoms with Crippen molar-refractivity contribution in [1.29, 1.82) is 0 Å². The average Bonchev–Trinajstić information content (AvgIpc) is 2.93. The molecule has 1 atom stereocenters. The second-order valence-electron chi connectivity index (χ2n) is 9.17. The third-order valence-electron chi connectivity index (χ3n) is 6.06. The lowest BCUT2D eigenvalue weighted by molar-refractivity contribution is -0.146. The third-order valence-corrected chi connectivity index (χ3v) is 6.06. The van der Waals surface area contributed by atoms with Crippen molar-refractivity contribution in [2.75, 3.05) is 6.61 Å². The molecule has 0 bridgehead atoms. The Morgan fingerprint density at radius 2 is 1.26 bits per heavy atom. The number of unbranched alkanes of at least 4 members (excludes halogenated alkanes) is 3. The molecule has 1 unspecified atom stereocenters. The molecule has 0 aliphatic rings. The Kier molecular flexibility index (Phi) is 11.1. The van der Waals surface area contributed by atoms with Crippen LogP contribution in [0.5, 0.6) is 11.5 Å². The zero-order valence-corrected chi connectivity index (χ0v) is 22.4. The quantitative estimate of drug-likeness (QED) is 0.0958. The summed E-state index contributed by atoms with van der Waals surface area (Å²) >= 11 is 0. The van der Waals surface area contributed by atoms with E-state index in [0.717, 1.165) is 29.9 Å². The van der Waals surface area contributed by atoms with Gasteiger partial charge in [0.05, 0.1) is 12.2 Å². The first-order valence-electron chi connectivity index (χ1n) is 13.3. The van der Waals surface area contributed by atoms with Crippen LogP contribution < -0.4 is 9.47 Å². The normalized spacial score (nSPS) is 11.4. The molecule has 3 aromatic rings. The van der Waals surface area contributed by atoms with Crippen LogP contribution in [0.1, 0.15) is 80.0 Å². The average molecular weight is 517 g/mol. The number of hydrogen-bond acceptors (Lipinski definition) is 6. The van der Waals surface area contributed by atoms with Gasteiger partial charge in [0.2, 0.25) is 5.78 Å². The lowest BCUT2D eigenvalue weighted by Crippen LogP contribution is -2.24. The van der Waals surface area contributed by atoms with Crippen LogP contribution >= 0.6 is 0 Å². The summed E-state index contributed by atoms with van der Waals surface area (Å²) in [5.41, 5.74) is 2.79. The number of esters is 2. The minimum absolute atomic E-state index is 0.272. The van der Waals surface area contributed by atoms with Crippen LogP contribution in [0.15, 0.2) is 72.8 Å². The lowest BCUT2D eigenvalue weighted by atomic mass is 10.0. The molecule has 0 radical (unpaired) electrons. The minimum atomic E-state index is -0.875. The maximum atomic E-state index is 12.6. The van der Waals surface area contributed by atoms with E-state index in [9.17, 15) is 14.4 Å². The summed E-state index contributed by atoms with van der Waals surface area (Å²) in [6.07, 6.45) is 4.74. The number of rotatable bonds is 14. The van der Waals surface area contributed by atoms with Gasteiger partial charge in [0, 0.05) is 12.0 Å². The highest BCUT2D eigenvalue weighted by molar-refractivity contribution is 6.00. The molecule has 3 rings (SSSR count). The van der Waals surface area contributed by atoms with Gasteiger partial charge in [-0.05, 0) is 79.4 Å². The van der Waals surface area contributed by atoms with Crippen molar-refractivity contribution in [3.05, 3.63) is 83.9 Å². The van der Waals surface area contributed by atoms with Crippen LogP contribution in [0.3, 0.4) is 0 Å². The van der Waals surface area contributed by atoms with E-state index in [-0.39, 0.29) is 12.2 Å². The Labute approximate surface area is 224 Å². The molecule has 0 aromatic heterocycles. The lowest BCUT2D eigenvalue weighted by Gasteiger charge is -2.12. The highest BCUT2D eigenvalue weighted by Crippen LogP contribution is 2.24. The molecule has 0 saturated carbocycles. The smallest absolute Gasteiger partial charge is 0.343 e. The van der Waals surface area contributed by atoms with E-state index in [4.69, 9.17) is 14.2 Å². The monoisotopic (exact) mass is 516 g/mol. The predicted molar refractivity (Wildman–Crippen MR) is 148 cm³/mol. The van der Waals surface area contributed by atoms with Crippen LogP contribution in [0.25, 0.3) is 11.1 Å². The summed E-state index contributed by atoms with van der Waals surface area (Å²) in [4.78, 5) is 36.8. The molecule has 0 fully saturated rings. The van der Waals surface area contributed by atoms with E-state index in [1.165, 1.54) is 19.3 Å². The van der Waals surface area contributed by atoms with Crippen molar-refractivity contribution >= 4 is 17.7 Å². The van der Waals surface area contributed by atoms with Crippen molar-refractivity contribution in [3.8, 4) is 22.6 Å². The predicted octanol–water partition coefficient (Wildman–Crippen LogP) is 7.45. The largest absolute Gasteiger partial charge is 0.494 e. The van der Waals surface area contributed by atoms with Gasteiger partial charge in [0.25, 0.3) is 0 Å². The Bertz CT molecular complexity index is 1180. The number of ether oxygens (including phenoxy) is 3. The van der Waals surface area contributed by atoms with Crippen molar-refractivity contribution < 1.29 is 28.6 Å². The molecule has 0 heterocycles. The SMILES string of the molecule is CCCCCCOc1ccc(-c2ccc(C(=O)Oc3ccc(C(=O)C(C)OC(=O)CCC)cc3)cc2)cc1. The Morgan fingerprint density at radius 3 is 1.87 bits per heavy atom. The molecule has 3 aromatic carbocycles. The van der Waals surface area contributed by atoms with Crippen LogP contribution in [-0.4, -0.2) is 30.4 Å². The fraction of sp³-hybridized carbons (Fsp3) is 0.344. The van der Waals surface area contributed by atoms with E-state index >= 15 is 0 Å². The van der Waals surface area contributed by atoms with Gasteiger partial charge in [-0.1, -0.05) is 57.4 Å². The molecular formula is C32H36O6. The molecule has 0 spiro atoms. The van der Waals surface area contributed by atoms with Crippen LogP contribution in [0.2, 0.25) is 0 Å². The second kappa shape index (κ2) is 14.7. The van der Waals surface area contributed by atoms with Gasteiger partial charge >= 0.3 is 11.9 Å². The Hall–Kier alpha value is -3.93. The summed E-state index contributed by atoms with van der Waals surface area (Å²) in [6.45, 7) is 6.33. The van der Waals surface area contributed by atoms with E-state index in [2.05, 4.69) is 6.92 Å². The van der Waals surface area contributed by atoms with Crippen molar-refractivity contribution in [2.45, 2.75) is 65.4 Å². The number of carbonyl (C=O) groups is 3. The molecule has 6 heteroatoms. The second-order valence-corrected chi connectivity index (χ2v) is 9.17. The third kappa shape index (κ3) is 8.58. The van der Waals surface area contributed by atoms with E-state index in [1.54, 1.807) is 43.3 Å². The topological polar surface area (TPSA) is 78.9 Å². The van der Waals surface area contributed by atoms with Gasteiger partial charge < -0.3 is 14.2 Å². The first-order valence-corrected chi connectivity index (χ1v) is 13.3. The van der Waals surface area contributed by atoms with Crippen LogP contribution in [0, 0.1) is 0 Å². The van der Waals surface area contributed by atoms with E-state index < -0.39 is 18.0 Å². The molecule has 38 heavy (non-hydrogen) atoms. The molecule has 0 saturated heterocycles. The molecular weight excluding hydrogens is 480 g/mol. The fourth-order valence-electron chi connectivity index (χ4n) is 3.86. The highest BCUT2D eigenvalue weighted by atomic mass is 16.5. The van der Waals surface area contributed by atoms with Gasteiger partial charge in [-0.2, -0.15) is 0 Å². The van der Waals surface area contributed by atoms with Crippen molar-refractivity contribution in [1.82, 2.24) is 0 Å². The summed E-state index contributed by atoms with van der Waals surface area (Å²) in [7, 11) is 0. The maximum absolute atomic E-state index is 12.6. The molecule has 0 aliphatic heterocycles. The Balaban J connectivity index is 1.53. The Morgan fingerprint density at radius 1 is 0.684 bits per heavy atom. The number of carbonyl (C=O) groups excluding carboxylic acids is 3. The highest BCUT2D eigenvalue weighted by Gasteiger charge is 2.19. The number of benzene rings is 3. The number of Topliss-reactive ketones (excluding diaryl/α,β-unsaturated/α-hetero) is 1. The van der Waals surface area contributed by atoms with E-state index in [1.807, 2.05) is 43.3 Å². The first kappa shape index (κ1) is 28.6. The maximum Gasteiger partial charge on any atom is 0.343 e. The number of ketones is 1. The number of hydrogen-bond donors (Lipinski definition) is 0. The summed E-state index contributed by atoms with van der Waals surface area (Å²) in [5, 5.41) is 0. The molecule has 0 amide bonds. The summed E-state index contributed by atoms with van der Waals surface area (Å²) < 4.78 is 16.4. The van der Waals surface area contributed by atoms with Gasteiger partial charge in [0.1, 0.15) is 11.5 Å². The van der Waals surface area contributed by atoms with Gasteiger partial charge in [0.15, 0.2) is 6.10 Å². The molecule has 200 valence electrons. The van der Waals surface area contributed by atoms with Crippen molar-refractivity contribution in [2.24, 2.45) is 0 Å².